The Kier molecular flexibility index (Phi) is 3.55. The molecule has 0 amide bonds. The lowest BCUT2D eigenvalue weighted by Gasteiger charge is -2.20. The van der Waals surface area contributed by atoms with Crippen LogP contribution in [0.15, 0.2) is 24.3 Å². The fourth-order valence-corrected chi connectivity index (χ4v) is 1.08. The summed E-state index contributed by atoms with van der Waals surface area (Å²) >= 11 is 0. The molecule has 3 heteroatoms. The number of benzene rings is 1. The van der Waals surface area contributed by atoms with Gasteiger partial charge in [0, 0.05) is 11.2 Å². The molecular formula is C9H15ClN2. The van der Waals surface area contributed by atoms with Gasteiger partial charge in [0.05, 0.1) is 0 Å². The highest BCUT2D eigenvalue weighted by Crippen LogP contribution is 2.22. The number of rotatable bonds is 1. The van der Waals surface area contributed by atoms with E-state index in [2.05, 4.69) is 0 Å². The van der Waals surface area contributed by atoms with E-state index in [0.717, 1.165) is 11.3 Å². The van der Waals surface area contributed by atoms with Gasteiger partial charge in [-0.05, 0) is 25.5 Å². The van der Waals surface area contributed by atoms with Crippen molar-refractivity contribution in [2.75, 3.05) is 5.73 Å². The van der Waals surface area contributed by atoms with Crippen molar-refractivity contribution >= 4 is 18.1 Å². The summed E-state index contributed by atoms with van der Waals surface area (Å²) in [6.07, 6.45) is 0. The molecule has 0 saturated heterocycles. The first-order chi connectivity index (χ1) is 5.02. The molecule has 0 bridgehead atoms. The van der Waals surface area contributed by atoms with Gasteiger partial charge < -0.3 is 11.5 Å². The molecule has 0 radical (unpaired) electrons. The Balaban J connectivity index is 0.00000121. The molecule has 0 spiro atoms. The normalized spacial score (nSPS) is 10.6. The molecule has 1 aromatic carbocycles. The number of hydrogen-bond donors (Lipinski definition) is 2. The Morgan fingerprint density at radius 2 is 1.67 bits per heavy atom. The van der Waals surface area contributed by atoms with Crippen LogP contribution in [-0.4, -0.2) is 0 Å². The SMILES string of the molecule is CC(C)(N)c1ccccc1N.Cl. The Morgan fingerprint density at radius 3 is 2.00 bits per heavy atom. The van der Waals surface area contributed by atoms with Gasteiger partial charge in [-0.2, -0.15) is 0 Å². The molecule has 4 N–H and O–H groups in total. The van der Waals surface area contributed by atoms with Gasteiger partial charge in [-0.1, -0.05) is 18.2 Å². The van der Waals surface area contributed by atoms with E-state index in [0.29, 0.717) is 0 Å². The first kappa shape index (κ1) is 11.3. The third-order valence-electron chi connectivity index (χ3n) is 1.65. The predicted molar refractivity (Wildman–Crippen MR) is 55.3 cm³/mol. The summed E-state index contributed by atoms with van der Waals surface area (Å²) < 4.78 is 0. The monoisotopic (exact) mass is 186 g/mol. The zero-order valence-electron chi connectivity index (χ0n) is 7.37. The second-order valence-corrected chi connectivity index (χ2v) is 3.31. The third-order valence-corrected chi connectivity index (χ3v) is 1.65. The summed E-state index contributed by atoms with van der Waals surface area (Å²) in [5, 5.41) is 0. The maximum Gasteiger partial charge on any atom is 0.0372 e. The van der Waals surface area contributed by atoms with E-state index in [4.69, 9.17) is 11.5 Å². The second-order valence-electron chi connectivity index (χ2n) is 3.31. The largest absolute Gasteiger partial charge is 0.398 e. The number of nitrogens with two attached hydrogens (primary N) is 2. The average molecular weight is 187 g/mol. The van der Waals surface area contributed by atoms with Crippen molar-refractivity contribution in [2.45, 2.75) is 19.4 Å². The molecule has 0 aliphatic carbocycles. The van der Waals surface area contributed by atoms with Crippen LogP contribution in [0.25, 0.3) is 0 Å². The van der Waals surface area contributed by atoms with Crippen LogP contribution in [0.2, 0.25) is 0 Å². The topological polar surface area (TPSA) is 52.0 Å². The lowest BCUT2D eigenvalue weighted by molar-refractivity contribution is 0.556. The van der Waals surface area contributed by atoms with Crippen molar-refractivity contribution in [2.24, 2.45) is 5.73 Å². The highest BCUT2D eigenvalue weighted by atomic mass is 35.5. The summed E-state index contributed by atoms with van der Waals surface area (Å²) in [5.74, 6) is 0. The zero-order valence-corrected chi connectivity index (χ0v) is 8.19. The van der Waals surface area contributed by atoms with Crippen LogP contribution >= 0.6 is 12.4 Å². The van der Waals surface area contributed by atoms with Gasteiger partial charge in [0.1, 0.15) is 0 Å². The minimum atomic E-state index is -0.342. The van der Waals surface area contributed by atoms with Crippen molar-refractivity contribution in [3.05, 3.63) is 29.8 Å². The van der Waals surface area contributed by atoms with E-state index >= 15 is 0 Å². The van der Waals surface area contributed by atoms with E-state index in [1.165, 1.54) is 0 Å². The lowest BCUT2D eigenvalue weighted by Crippen LogP contribution is -2.29. The van der Waals surface area contributed by atoms with E-state index in [9.17, 15) is 0 Å². The van der Waals surface area contributed by atoms with Crippen LogP contribution < -0.4 is 11.5 Å². The minimum Gasteiger partial charge on any atom is -0.398 e. The van der Waals surface area contributed by atoms with Crippen molar-refractivity contribution in [3.63, 3.8) is 0 Å². The minimum absolute atomic E-state index is 0. The summed E-state index contributed by atoms with van der Waals surface area (Å²) in [7, 11) is 0. The number of para-hydroxylation sites is 1. The Hall–Kier alpha value is -0.730. The molecule has 12 heavy (non-hydrogen) atoms. The molecule has 0 fully saturated rings. The predicted octanol–water partition coefficient (Wildman–Crippen LogP) is 1.88. The molecule has 1 rings (SSSR count). The molecule has 0 aliphatic rings. The van der Waals surface area contributed by atoms with Crippen LogP contribution in [0.1, 0.15) is 19.4 Å². The molecule has 0 aromatic heterocycles. The molecule has 1 aromatic rings. The molecular weight excluding hydrogens is 172 g/mol. The van der Waals surface area contributed by atoms with E-state index in [1.807, 2.05) is 38.1 Å². The quantitative estimate of drug-likeness (QED) is 0.659. The molecule has 0 saturated carbocycles. The standard InChI is InChI=1S/C9H14N2.ClH/c1-9(2,11)7-5-3-4-6-8(7)10;/h3-6H,10-11H2,1-2H3;1H. The zero-order chi connectivity index (χ0) is 8.48. The smallest absolute Gasteiger partial charge is 0.0372 e. The molecule has 0 unspecified atom stereocenters. The average Bonchev–Trinajstić information content (AvgIpc) is 1.86. The van der Waals surface area contributed by atoms with E-state index in [-0.39, 0.29) is 17.9 Å². The number of nitrogen functional groups attached to an aromatic ring is 1. The number of hydrogen-bond acceptors (Lipinski definition) is 2. The van der Waals surface area contributed by atoms with Crippen molar-refractivity contribution in [1.29, 1.82) is 0 Å². The Morgan fingerprint density at radius 1 is 1.17 bits per heavy atom. The first-order valence-electron chi connectivity index (χ1n) is 3.65. The second kappa shape index (κ2) is 3.78. The van der Waals surface area contributed by atoms with E-state index < -0.39 is 0 Å². The molecule has 68 valence electrons. The Bertz CT molecular complexity index is 253. The van der Waals surface area contributed by atoms with Gasteiger partial charge in [0.25, 0.3) is 0 Å². The molecule has 0 heterocycles. The van der Waals surface area contributed by atoms with Crippen molar-refractivity contribution in [1.82, 2.24) is 0 Å². The summed E-state index contributed by atoms with van der Waals surface area (Å²) in [6, 6.07) is 7.67. The summed E-state index contributed by atoms with van der Waals surface area (Å²) in [5.41, 5.74) is 13.0. The molecule has 2 nitrogen and oxygen atoms in total. The highest BCUT2D eigenvalue weighted by Gasteiger charge is 2.15. The van der Waals surface area contributed by atoms with Crippen LogP contribution in [0.4, 0.5) is 5.69 Å². The summed E-state index contributed by atoms with van der Waals surface area (Å²) in [4.78, 5) is 0. The third kappa shape index (κ3) is 2.40. The van der Waals surface area contributed by atoms with Gasteiger partial charge in [-0.3, -0.25) is 0 Å². The highest BCUT2D eigenvalue weighted by molar-refractivity contribution is 5.85. The van der Waals surface area contributed by atoms with Crippen molar-refractivity contribution in [3.8, 4) is 0 Å². The van der Waals surface area contributed by atoms with Crippen molar-refractivity contribution < 1.29 is 0 Å². The number of halogens is 1. The summed E-state index contributed by atoms with van der Waals surface area (Å²) in [6.45, 7) is 3.89. The first-order valence-corrected chi connectivity index (χ1v) is 3.65. The van der Waals surface area contributed by atoms with Crippen LogP contribution in [-0.2, 0) is 5.54 Å². The van der Waals surface area contributed by atoms with E-state index in [1.54, 1.807) is 0 Å². The fourth-order valence-electron chi connectivity index (χ4n) is 1.08. The van der Waals surface area contributed by atoms with Gasteiger partial charge in [0.15, 0.2) is 0 Å². The van der Waals surface area contributed by atoms with Gasteiger partial charge in [-0.25, -0.2) is 0 Å². The lowest BCUT2D eigenvalue weighted by atomic mass is 9.94. The maximum absolute atomic E-state index is 5.88. The fraction of sp³-hybridized carbons (Fsp3) is 0.333. The Labute approximate surface area is 79.4 Å². The molecule has 0 atom stereocenters. The van der Waals surface area contributed by atoms with Gasteiger partial charge in [0.2, 0.25) is 0 Å². The van der Waals surface area contributed by atoms with Crippen LogP contribution in [0.5, 0.6) is 0 Å². The van der Waals surface area contributed by atoms with Crippen LogP contribution in [0.3, 0.4) is 0 Å². The maximum atomic E-state index is 5.88. The van der Waals surface area contributed by atoms with Crippen LogP contribution in [0, 0.1) is 0 Å². The van der Waals surface area contributed by atoms with Gasteiger partial charge in [-0.15, -0.1) is 12.4 Å². The molecule has 0 aliphatic heterocycles. The number of anilines is 1. The van der Waals surface area contributed by atoms with Gasteiger partial charge >= 0.3 is 0 Å².